The molecule has 1 aromatic carbocycles. The fourth-order valence-corrected chi connectivity index (χ4v) is 1.64. The lowest BCUT2D eigenvalue weighted by Gasteiger charge is -2.19. The second kappa shape index (κ2) is 5.77. The van der Waals surface area contributed by atoms with Crippen LogP contribution in [0.15, 0.2) is 18.2 Å². The first-order valence-corrected chi connectivity index (χ1v) is 5.70. The van der Waals surface area contributed by atoms with Crippen LogP contribution in [0.3, 0.4) is 0 Å². The van der Waals surface area contributed by atoms with E-state index in [0.29, 0.717) is 12.0 Å². The number of rotatable bonds is 5. The summed E-state index contributed by atoms with van der Waals surface area (Å²) in [7, 11) is 0. The lowest BCUT2D eigenvalue weighted by Crippen LogP contribution is -2.37. The average Bonchev–Trinajstić information content (AvgIpc) is 2.28. The Morgan fingerprint density at radius 2 is 2.18 bits per heavy atom. The smallest absolute Gasteiger partial charge is 0.320 e. The topological polar surface area (TPSA) is 49.3 Å². The Hall–Kier alpha value is -1.42. The molecule has 0 aliphatic carbocycles. The molecule has 4 heteroatoms. The molecule has 0 radical (unpaired) electrons. The standard InChI is InChI=1S/C13H18FNO2/c1-4-12(13(16)17)15-9(3)10-6-5-8(2)11(14)7-10/h5-7,9,12,15H,4H2,1-3H3,(H,16,17). The van der Waals surface area contributed by atoms with Crippen LogP contribution in [-0.4, -0.2) is 17.1 Å². The Kier molecular flexibility index (Phi) is 4.63. The molecule has 0 saturated heterocycles. The van der Waals surface area contributed by atoms with Crippen LogP contribution in [0.5, 0.6) is 0 Å². The minimum atomic E-state index is -0.882. The SMILES string of the molecule is CCC(NC(C)c1ccc(C)c(F)c1)C(=O)O. The predicted octanol–water partition coefficient (Wildman–Crippen LogP) is 2.65. The summed E-state index contributed by atoms with van der Waals surface area (Å²) in [6.45, 7) is 5.33. The molecule has 1 rings (SSSR count). The quantitative estimate of drug-likeness (QED) is 0.830. The van der Waals surface area contributed by atoms with Crippen LogP contribution in [-0.2, 0) is 4.79 Å². The molecule has 0 fully saturated rings. The van der Waals surface area contributed by atoms with Gasteiger partial charge in [-0.1, -0.05) is 19.1 Å². The molecule has 2 N–H and O–H groups in total. The third kappa shape index (κ3) is 3.53. The zero-order valence-electron chi connectivity index (χ0n) is 10.3. The van der Waals surface area contributed by atoms with E-state index in [1.54, 1.807) is 19.9 Å². The molecule has 0 aliphatic heterocycles. The Balaban J connectivity index is 2.78. The third-order valence-electron chi connectivity index (χ3n) is 2.85. The Bertz CT molecular complexity index is 406. The molecule has 3 nitrogen and oxygen atoms in total. The molecular formula is C13H18FNO2. The van der Waals surface area contributed by atoms with Crippen molar-refractivity contribution in [2.45, 2.75) is 39.3 Å². The highest BCUT2D eigenvalue weighted by Gasteiger charge is 2.18. The first-order valence-electron chi connectivity index (χ1n) is 5.70. The molecule has 2 atom stereocenters. The minimum Gasteiger partial charge on any atom is -0.480 e. The molecular weight excluding hydrogens is 221 g/mol. The highest BCUT2D eigenvalue weighted by atomic mass is 19.1. The van der Waals surface area contributed by atoms with Crippen LogP contribution >= 0.6 is 0 Å². The summed E-state index contributed by atoms with van der Waals surface area (Å²) in [4.78, 5) is 10.9. The molecule has 17 heavy (non-hydrogen) atoms. The summed E-state index contributed by atoms with van der Waals surface area (Å²) in [5.74, 6) is -1.15. The number of carboxylic acids is 1. The summed E-state index contributed by atoms with van der Waals surface area (Å²) in [6.07, 6.45) is 0.494. The highest BCUT2D eigenvalue weighted by molar-refractivity contribution is 5.73. The van der Waals surface area contributed by atoms with Crippen molar-refractivity contribution < 1.29 is 14.3 Å². The van der Waals surface area contributed by atoms with Gasteiger partial charge < -0.3 is 5.11 Å². The van der Waals surface area contributed by atoms with E-state index >= 15 is 0 Å². The van der Waals surface area contributed by atoms with Crippen LogP contribution in [0.2, 0.25) is 0 Å². The van der Waals surface area contributed by atoms with Gasteiger partial charge in [0.05, 0.1) is 0 Å². The second-order valence-electron chi connectivity index (χ2n) is 4.20. The van der Waals surface area contributed by atoms with Crippen LogP contribution in [0.1, 0.15) is 37.4 Å². The maximum atomic E-state index is 13.4. The molecule has 2 unspecified atom stereocenters. The van der Waals surface area contributed by atoms with Crippen molar-refractivity contribution in [3.05, 3.63) is 35.1 Å². The first-order chi connectivity index (χ1) is 7.95. The normalized spacial score (nSPS) is 14.4. The van der Waals surface area contributed by atoms with Crippen LogP contribution < -0.4 is 5.32 Å². The molecule has 0 saturated carbocycles. The number of halogens is 1. The summed E-state index contributed by atoms with van der Waals surface area (Å²) in [5.41, 5.74) is 1.35. The van der Waals surface area contributed by atoms with Gasteiger partial charge >= 0.3 is 5.97 Å². The van der Waals surface area contributed by atoms with Gasteiger partial charge in [-0.2, -0.15) is 0 Å². The number of nitrogens with one attached hydrogen (secondary N) is 1. The number of hydrogen-bond acceptors (Lipinski definition) is 2. The molecule has 0 spiro atoms. The van der Waals surface area contributed by atoms with Gasteiger partial charge in [0.1, 0.15) is 11.9 Å². The van der Waals surface area contributed by atoms with Gasteiger partial charge in [0.2, 0.25) is 0 Å². The zero-order chi connectivity index (χ0) is 13.0. The number of carbonyl (C=O) groups is 1. The van der Waals surface area contributed by atoms with Crippen LogP contribution in [0, 0.1) is 12.7 Å². The van der Waals surface area contributed by atoms with Crippen molar-refractivity contribution in [3.8, 4) is 0 Å². The number of aryl methyl sites for hydroxylation is 1. The number of hydrogen-bond donors (Lipinski definition) is 2. The monoisotopic (exact) mass is 239 g/mol. The lowest BCUT2D eigenvalue weighted by molar-refractivity contribution is -0.139. The van der Waals surface area contributed by atoms with Crippen molar-refractivity contribution in [1.82, 2.24) is 5.32 Å². The second-order valence-corrected chi connectivity index (χ2v) is 4.20. The highest BCUT2D eigenvalue weighted by Crippen LogP contribution is 2.17. The molecule has 1 aromatic rings. The number of benzene rings is 1. The molecule has 0 bridgehead atoms. The van der Waals surface area contributed by atoms with E-state index in [1.807, 2.05) is 13.0 Å². The first kappa shape index (κ1) is 13.6. The summed E-state index contributed by atoms with van der Waals surface area (Å²) in [6, 6.07) is 4.16. The number of carboxylic acid groups (broad SMARTS) is 1. The van der Waals surface area contributed by atoms with Gasteiger partial charge in [-0.05, 0) is 37.5 Å². The van der Waals surface area contributed by atoms with Crippen LogP contribution in [0.4, 0.5) is 4.39 Å². The van der Waals surface area contributed by atoms with Crippen molar-refractivity contribution in [2.75, 3.05) is 0 Å². The Morgan fingerprint density at radius 3 is 2.65 bits per heavy atom. The van der Waals surface area contributed by atoms with Gasteiger partial charge in [0, 0.05) is 6.04 Å². The summed E-state index contributed by atoms with van der Waals surface area (Å²) in [5, 5.41) is 11.9. The van der Waals surface area contributed by atoms with Crippen molar-refractivity contribution in [2.24, 2.45) is 0 Å². The van der Waals surface area contributed by atoms with Gasteiger partial charge in [0.25, 0.3) is 0 Å². The molecule has 0 amide bonds. The van der Waals surface area contributed by atoms with Gasteiger partial charge in [-0.3, -0.25) is 10.1 Å². The predicted molar refractivity (Wildman–Crippen MR) is 64.4 cm³/mol. The lowest BCUT2D eigenvalue weighted by atomic mass is 10.0. The van der Waals surface area contributed by atoms with Crippen molar-refractivity contribution in [3.63, 3.8) is 0 Å². The largest absolute Gasteiger partial charge is 0.480 e. The van der Waals surface area contributed by atoms with Gasteiger partial charge in [-0.15, -0.1) is 0 Å². The van der Waals surface area contributed by atoms with Crippen LogP contribution in [0.25, 0.3) is 0 Å². The summed E-state index contributed by atoms with van der Waals surface area (Å²) < 4.78 is 13.4. The van der Waals surface area contributed by atoms with E-state index in [-0.39, 0.29) is 11.9 Å². The third-order valence-corrected chi connectivity index (χ3v) is 2.85. The Labute approximate surface area is 101 Å². The van der Waals surface area contributed by atoms with E-state index in [2.05, 4.69) is 5.32 Å². The molecule has 94 valence electrons. The fraction of sp³-hybridized carbons (Fsp3) is 0.462. The van der Waals surface area contributed by atoms with Crippen molar-refractivity contribution in [1.29, 1.82) is 0 Å². The van der Waals surface area contributed by atoms with Gasteiger partial charge in [-0.25, -0.2) is 4.39 Å². The number of aliphatic carboxylic acids is 1. The molecule has 0 aliphatic rings. The van der Waals surface area contributed by atoms with E-state index < -0.39 is 12.0 Å². The fourth-order valence-electron chi connectivity index (χ4n) is 1.64. The average molecular weight is 239 g/mol. The van der Waals surface area contributed by atoms with E-state index in [9.17, 15) is 9.18 Å². The van der Waals surface area contributed by atoms with E-state index in [4.69, 9.17) is 5.11 Å². The molecule has 0 aromatic heterocycles. The zero-order valence-corrected chi connectivity index (χ0v) is 10.3. The minimum absolute atomic E-state index is 0.189. The summed E-state index contributed by atoms with van der Waals surface area (Å²) >= 11 is 0. The maximum absolute atomic E-state index is 13.4. The van der Waals surface area contributed by atoms with E-state index in [1.165, 1.54) is 6.07 Å². The Morgan fingerprint density at radius 1 is 1.53 bits per heavy atom. The van der Waals surface area contributed by atoms with E-state index in [0.717, 1.165) is 5.56 Å². The van der Waals surface area contributed by atoms with Gasteiger partial charge in [0.15, 0.2) is 0 Å². The molecule has 0 heterocycles. The maximum Gasteiger partial charge on any atom is 0.320 e. The van der Waals surface area contributed by atoms with Crippen molar-refractivity contribution >= 4 is 5.97 Å².